The van der Waals surface area contributed by atoms with Crippen LogP contribution in [0.15, 0.2) is 18.3 Å². The Morgan fingerprint density at radius 1 is 1.25 bits per heavy atom. The monoisotopic (exact) mass is 332 g/mol. The number of anilines is 1. The Bertz CT molecular complexity index is 561. The Morgan fingerprint density at radius 2 is 2.00 bits per heavy atom. The zero-order valence-corrected chi connectivity index (χ0v) is 14.9. The molecule has 24 heavy (non-hydrogen) atoms. The first-order valence-corrected chi connectivity index (χ1v) is 8.84. The summed E-state index contributed by atoms with van der Waals surface area (Å²) in [6, 6.07) is 4.32. The summed E-state index contributed by atoms with van der Waals surface area (Å²) in [4.78, 5) is 21.0. The Labute approximate surface area is 144 Å². The molecule has 6 nitrogen and oxygen atoms in total. The quantitative estimate of drug-likeness (QED) is 0.902. The lowest BCUT2D eigenvalue weighted by atomic mass is 10.1. The van der Waals surface area contributed by atoms with Gasteiger partial charge in [0.05, 0.1) is 6.04 Å². The minimum atomic E-state index is -0.462. The highest BCUT2D eigenvalue weighted by molar-refractivity contribution is 5.68. The van der Waals surface area contributed by atoms with E-state index >= 15 is 0 Å². The van der Waals surface area contributed by atoms with E-state index in [-0.39, 0.29) is 12.1 Å². The average molecular weight is 332 g/mol. The summed E-state index contributed by atoms with van der Waals surface area (Å²) < 4.78 is 5.48. The molecule has 2 saturated heterocycles. The van der Waals surface area contributed by atoms with Crippen LogP contribution in [0.5, 0.6) is 0 Å². The molecule has 2 fully saturated rings. The van der Waals surface area contributed by atoms with Gasteiger partial charge in [-0.25, -0.2) is 9.78 Å². The smallest absolute Gasteiger partial charge is 0.410 e. The van der Waals surface area contributed by atoms with Crippen LogP contribution in [0.4, 0.5) is 10.6 Å². The number of pyridine rings is 1. The van der Waals surface area contributed by atoms with Crippen molar-refractivity contribution in [3.8, 4) is 0 Å². The van der Waals surface area contributed by atoms with Gasteiger partial charge in [0.25, 0.3) is 0 Å². The average Bonchev–Trinajstić information content (AvgIpc) is 3.08. The van der Waals surface area contributed by atoms with Gasteiger partial charge in [-0.1, -0.05) is 6.07 Å². The van der Waals surface area contributed by atoms with Crippen LogP contribution in [-0.2, 0) is 4.74 Å². The minimum absolute atomic E-state index is 0.103. The molecule has 1 N–H and O–H groups in total. The van der Waals surface area contributed by atoms with E-state index in [9.17, 15) is 4.79 Å². The van der Waals surface area contributed by atoms with E-state index in [4.69, 9.17) is 4.74 Å². The number of carbonyl (C=O) groups excluding carboxylic acids is 1. The Morgan fingerprint density at radius 3 is 2.62 bits per heavy atom. The van der Waals surface area contributed by atoms with Crippen molar-refractivity contribution in [1.82, 2.24) is 15.2 Å². The van der Waals surface area contributed by atoms with E-state index in [0.717, 1.165) is 31.0 Å². The maximum absolute atomic E-state index is 12.3. The predicted molar refractivity (Wildman–Crippen MR) is 94.2 cm³/mol. The van der Waals surface area contributed by atoms with Gasteiger partial charge in [0, 0.05) is 38.9 Å². The minimum Gasteiger partial charge on any atom is -0.444 e. The first kappa shape index (κ1) is 17.0. The fraction of sp³-hybridized carbons (Fsp3) is 0.667. The summed E-state index contributed by atoms with van der Waals surface area (Å²) in [7, 11) is 0. The zero-order chi connectivity index (χ0) is 17.2. The van der Waals surface area contributed by atoms with Gasteiger partial charge in [0.2, 0.25) is 0 Å². The standard InChI is InChI=1S/C18H28N4O2/c1-18(2,3)24-17(23)22-11-8-19-15(13-22)14-6-7-16(20-12-14)21-9-4-5-10-21/h6-7,12,15,19H,4-5,8-11,13H2,1-3H3. The summed E-state index contributed by atoms with van der Waals surface area (Å²) in [5.41, 5.74) is 0.655. The van der Waals surface area contributed by atoms with Crippen LogP contribution in [0.2, 0.25) is 0 Å². The Balaban J connectivity index is 1.63. The van der Waals surface area contributed by atoms with Crippen molar-refractivity contribution in [3.63, 3.8) is 0 Å². The number of nitrogens with zero attached hydrogens (tertiary/aromatic N) is 3. The molecule has 2 aliphatic rings. The number of rotatable bonds is 2. The van der Waals surface area contributed by atoms with Crippen LogP contribution in [0.1, 0.15) is 45.2 Å². The van der Waals surface area contributed by atoms with E-state index < -0.39 is 5.60 Å². The third-order valence-electron chi connectivity index (χ3n) is 4.43. The van der Waals surface area contributed by atoms with Crippen molar-refractivity contribution in [2.24, 2.45) is 0 Å². The largest absolute Gasteiger partial charge is 0.444 e. The predicted octanol–water partition coefficient (Wildman–Crippen LogP) is 2.56. The molecule has 0 radical (unpaired) electrons. The molecule has 3 heterocycles. The fourth-order valence-corrected chi connectivity index (χ4v) is 3.20. The van der Waals surface area contributed by atoms with E-state index in [0.29, 0.717) is 13.1 Å². The molecule has 0 saturated carbocycles. The van der Waals surface area contributed by atoms with Crippen LogP contribution in [0.3, 0.4) is 0 Å². The second-order valence-electron chi connectivity index (χ2n) is 7.58. The van der Waals surface area contributed by atoms with Crippen LogP contribution in [0, 0.1) is 0 Å². The molecule has 0 spiro atoms. The van der Waals surface area contributed by atoms with E-state index in [1.807, 2.05) is 27.0 Å². The van der Waals surface area contributed by atoms with Gasteiger partial charge in [0.1, 0.15) is 11.4 Å². The lowest BCUT2D eigenvalue weighted by Gasteiger charge is -2.35. The first-order valence-electron chi connectivity index (χ1n) is 8.84. The third-order valence-corrected chi connectivity index (χ3v) is 4.43. The van der Waals surface area contributed by atoms with Crippen molar-refractivity contribution in [2.45, 2.75) is 45.3 Å². The van der Waals surface area contributed by atoms with Gasteiger partial charge >= 0.3 is 6.09 Å². The lowest BCUT2D eigenvalue weighted by molar-refractivity contribution is 0.0195. The summed E-state index contributed by atoms with van der Waals surface area (Å²) in [6.45, 7) is 9.92. The van der Waals surface area contributed by atoms with Gasteiger partial charge in [-0.3, -0.25) is 0 Å². The normalized spacial score (nSPS) is 21.9. The Kier molecular flexibility index (Phi) is 4.94. The lowest BCUT2D eigenvalue weighted by Crippen LogP contribution is -2.49. The molecule has 132 valence electrons. The number of piperazine rings is 1. The van der Waals surface area contributed by atoms with Crippen LogP contribution in [0.25, 0.3) is 0 Å². The molecule has 1 aromatic heterocycles. The molecule has 2 aliphatic heterocycles. The second kappa shape index (κ2) is 6.97. The Hall–Kier alpha value is -1.82. The molecule has 1 amide bonds. The van der Waals surface area contributed by atoms with Gasteiger partial charge in [-0.05, 0) is 45.2 Å². The second-order valence-corrected chi connectivity index (χ2v) is 7.58. The van der Waals surface area contributed by atoms with Crippen LogP contribution in [-0.4, -0.2) is 54.3 Å². The van der Waals surface area contributed by atoms with E-state index in [1.54, 1.807) is 4.90 Å². The molecule has 0 aromatic carbocycles. The third kappa shape index (κ3) is 4.17. The summed E-state index contributed by atoms with van der Waals surface area (Å²) >= 11 is 0. The summed E-state index contributed by atoms with van der Waals surface area (Å²) in [5, 5.41) is 3.47. The number of ether oxygens (including phenoxy) is 1. The van der Waals surface area contributed by atoms with Gasteiger partial charge < -0.3 is 19.9 Å². The topological polar surface area (TPSA) is 57.7 Å². The van der Waals surface area contributed by atoms with Crippen molar-refractivity contribution in [2.75, 3.05) is 37.6 Å². The summed E-state index contributed by atoms with van der Waals surface area (Å²) in [5.74, 6) is 1.05. The maximum Gasteiger partial charge on any atom is 0.410 e. The molecular formula is C18H28N4O2. The number of carbonyl (C=O) groups is 1. The first-order chi connectivity index (χ1) is 11.4. The van der Waals surface area contributed by atoms with Gasteiger partial charge in [0.15, 0.2) is 0 Å². The van der Waals surface area contributed by atoms with Crippen molar-refractivity contribution < 1.29 is 9.53 Å². The summed E-state index contributed by atoms with van der Waals surface area (Å²) in [6.07, 6.45) is 4.19. The maximum atomic E-state index is 12.3. The molecule has 1 aromatic rings. The van der Waals surface area contributed by atoms with Gasteiger partial charge in [-0.2, -0.15) is 0 Å². The van der Waals surface area contributed by atoms with E-state index in [1.165, 1.54) is 12.8 Å². The highest BCUT2D eigenvalue weighted by Gasteiger charge is 2.28. The van der Waals surface area contributed by atoms with Crippen LogP contribution < -0.4 is 10.2 Å². The number of aromatic nitrogens is 1. The molecule has 1 atom stereocenters. The SMILES string of the molecule is CC(C)(C)OC(=O)N1CCNC(c2ccc(N3CCCC3)nc2)C1. The van der Waals surface area contributed by atoms with Crippen molar-refractivity contribution in [3.05, 3.63) is 23.9 Å². The van der Waals surface area contributed by atoms with Gasteiger partial charge in [-0.15, -0.1) is 0 Å². The van der Waals surface area contributed by atoms with Crippen LogP contribution >= 0.6 is 0 Å². The number of amides is 1. The molecule has 0 aliphatic carbocycles. The highest BCUT2D eigenvalue weighted by Crippen LogP contribution is 2.22. The fourth-order valence-electron chi connectivity index (χ4n) is 3.20. The van der Waals surface area contributed by atoms with E-state index in [2.05, 4.69) is 27.3 Å². The number of nitrogens with one attached hydrogen (secondary N) is 1. The molecule has 3 rings (SSSR count). The zero-order valence-electron chi connectivity index (χ0n) is 14.9. The van der Waals surface area contributed by atoms with Crippen molar-refractivity contribution in [1.29, 1.82) is 0 Å². The molecular weight excluding hydrogens is 304 g/mol. The number of hydrogen-bond acceptors (Lipinski definition) is 5. The number of hydrogen-bond donors (Lipinski definition) is 1. The highest BCUT2D eigenvalue weighted by atomic mass is 16.6. The van der Waals surface area contributed by atoms with Crippen molar-refractivity contribution >= 4 is 11.9 Å². The molecule has 0 bridgehead atoms. The molecule has 1 unspecified atom stereocenters. The molecule has 6 heteroatoms.